The van der Waals surface area contributed by atoms with E-state index in [0.29, 0.717) is 17.5 Å². The van der Waals surface area contributed by atoms with Crippen molar-refractivity contribution >= 4 is 53.1 Å². The van der Waals surface area contributed by atoms with Gasteiger partial charge in [-0.1, -0.05) is 158 Å². The Labute approximate surface area is 299 Å². The van der Waals surface area contributed by atoms with Crippen LogP contribution in [-0.4, -0.2) is 15.0 Å². The van der Waals surface area contributed by atoms with E-state index in [4.69, 9.17) is 15.0 Å². The first-order chi connectivity index (χ1) is 25.3. The summed E-state index contributed by atoms with van der Waals surface area (Å²) in [5.41, 5.74) is 7.61. The molecule has 3 nitrogen and oxygen atoms in total. The SMILES string of the molecule is c1cc(-c2cccc(-c3cccc4c3sc3ccccc34)c2)cc(-c2nc(-c3cccc4ccccc34)nc(-c3cccc4ccccc34)n2)c1. The maximum Gasteiger partial charge on any atom is 0.164 e. The summed E-state index contributed by atoms with van der Waals surface area (Å²) in [5.74, 6) is 1.95. The van der Waals surface area contributed by atoms with E-state index in [1.165, 1.54) is 31.3 Å². The fraction of sp³-hybridized carbons (Fsp3) is 0. The molecule has 0 fully saturated rings. The summed E-state index contributed by atoms with van der Waals surface area (Å²) < 4.78 is 2.63. The van der Waals surface area contributed by atoms with Crippen molar-refractivity contribution in [3.63, 3.8) is 0 Å². The minimum absolute atomic E-state index is 0.643. The van der Waals surface area contributed by atoms with Crippen LogP contribution in [0.15, 0.2) is 176 Å². The van der Waals surface area contributed by atoms with Gasteiger partial charge in [0.1, 0.15) is 0 Å². The van der Waals surface area contributed by atoms with Crippen LogP contribution in [-0.2, 0) is 0 Å². The van der Waals surface area contributed by atoms with E-state index in [1.807, 2.05) is 11.3 Å². The Kier molecular flexibility index (Phi) is 7.00. The first-order valence-electron chi connectivity index (χ1n) is 17.1. The van der Waals surface area contributed by atoms with Gasteiger partial charge in [0, 0.05) is 36.9 Å². The minimum atomic E-state index is 0.643. The molecule has 10 aromatic rings. The van der Waals surface area contributed by atoms with Crippen molar-refractivity contribution in [2.75, 3.05) is 0 Å². The predicted octanol–water partition coefficient (Wildman–Crippen LogP) is 12.9. The average Bonchev–Trinajstić information content (AvgIpc) is 3.59. The van der Waals surface area contributed by atoms with Crippen LogP contribution >= 0.6 is 11.3 Å². The lowest BCUT2D eigenvalue weighted by Crippen LogP contribution is -2.01. The molecule has 4 heteroatoms. The number of thiophene rings is 1. The van der Waals surface area contributed by atoms with Crippen molar-refractivity contribution in [3.05, 3.63) is 176 Å². The maximum atomic E-state index is 5.16. The number of rotatable bonds is 5. The van der Waals surface area contributed by atoms with Crippen LogP contribution in [0.2, 0.25) is 0 Å². The van der Waals surface area contributed by atoms with Gasteiger partial charge >= 0.3 is 0 Å². The molecule has 0 unspecified atom stereocenters. The summed E-state index contributed by atoms with van der Waals surface area (Å²) in [6, 6.07) is 62.2. The Hall–Kier alpha value is -6.49. The van der Waals surface area contributed by atoms with Gasteiger partial charge in [-0.05, 0) is 62.0 Å². The molecule has 2 aromatic heterocycles. The average molecular weight is 668 g/mol. The molecule has 0 aliphatic carbocycles. The highest BCUT2D eigenvalue weighted by molar-refractivity contribution is 7.26. The number of aromatic nitrogens is 3. The second kappa shape index (κ2) is 12.1. The fourth-order valence-electron chi connectivity index (χ4n) is 7.27. The van der Waals surface area contributed by atoms with E-state index >= 15 is 0 Å². The lowest BCUT2D eigenvalue weighted by atomic mass is 9.97. The Morgan fingerprint density at radius 3 is 1.45 bits per heavy atom. The molecule has 0 aliphatic rings. The molecule has 8 aromatic carbocycles. The first-order valence-corrected chi connectivity index (χ1v) is 17.9. The summed E-state index contributed by atoms with van der Waals surface area (Å²) in [5, 5.41) is 7.14. The summed E-state index contributed by atoms with van der Waals surface area (Å²) in [4.78, 5) is 15.5. The zero-order valence-electron chi connectivity index (χ0n) is 27.5. The van der Waals surface area contributed by atoms with E-state index < -0.39 is 0 Å². The number of hydrogen-bond acceptors (Lipinski definition) is 4. The summed E-state index contributed by atoms with van der Waals surface area (Å²) in [6.07, 6.45) is 0. The van der Waals surface area contributed by atoms with Crippen LogP contribution in [0.1, 0.15) is 0 Å². The second-order valence-corrected chi connectivity index (χ2v) is 13.9. The third kappa shape index (κ3) is 5.16. The van der Waals surface area contributed by atoms with E-state index in [-0.39, 0.29) is 0 Å². The lowest BCUT2D eigenvalue weighted by molar-refractivity contribution is 1.08. The molecule has 0 spiro atoms. The number of benzene rings is 8. The van der Waals surface area contributed by atoms with Crippen LogP contribution in [0.25, 0.3) is 98.1 Å². The highest BCUT2D eigenvalue weighted by Crippen LogP contribution is 2.41. The van der Waals surface area contributed by atoms with Gasteiger partial charge in [0.2, 0.25) is 0 Å². The molecule has 0 atom stereocenters. The smallest absolute Gasteiger partial charge is 0.164 e. The molecule has 0 radical (unpaired) electrons. The van der Waals surface area contributed by atoms with Crippen molar-refractivity contribution in [3.8, 4) is 56.4 Å². The molecule has 0 saturated carbocycles. The highest BCUT2D eigenvalue weighted by Gasteiger charge is 2.17. The zero-order chi connectivity index (χ0) is 33.7. The van der Waals surface area contributed by atoms with Gasteiger partial charge in [-0.3, -0.25) is 0 Å². The molecule has 238 valence electrons. The molecule has 10 rings (SSSR count). The van der Waals surface area contributed by atoms with Gasteiger partial charge in [-0.2, -0.15) is 0 Å². The van der Waals surface area contributed by atoms with Crippen molar-refractivity contribution in [1.29, 1.82) is 0 Å². The Balaban J connectivity index is 1.12. The van der Waals surface area contributed by atoms with E-state index in [2.05, 4.69) is 176 Å². The molecule has 0 aliphatic heterocycles. The monoisotopic (exact) mass is 667 g/mol. The van der Waals surface area contributed by atoms with E-state index in [1.54, 1.807) is 0 Å². The summed E-state index contributed by atoms with van der Waals surface area (Å²) in [6.45, 7) is 0. The Bertz CT molecular complexity index is 2830. The largest absolute Gasteiger partial charge is 0.208 e. The molecule has 0 saturated heterocycles. The summed E-state index contributed by atoms with van der Waals surface area (Å²) in [7, 11) is 0. The Morgan fingerprint density at radius 2 is 0.765 bits per heavy atom. The minimum Gasteiger partial charge on any atom is -0.208 e. The molecule has 0 N–H and O–H groups in total. The predicted molar refractivity (Wildman–Crippen MR) is 215 cm³/mol. The zero-order valence-corrected chi connectivity index (χ0v) is 28.3. The number of hydrogen-bond donors (Lipinski definition) is 0. The van der Waals surface area contributed by atoms with Gasteiger partial charge in [0.25, 0.3) is 0 Å². The number of fused-ring (bicyclic) bond motifs is 5. The van der Waals surface area contributed by atoms with Crippen molar-refractivity contribution in [2.45, 2.75) is 0 Å². The molecule has 0 bridgehead atoms. The maximum absolute atomic E-state index is 5.16. The van der Waals surface area contributed by atoms with Crippen LogP contribution in [0.3, 0.4) is 0 Å². The number of nitrogens with zero attached hydrogens (tertiary/aromatic N) is 3. The highest BCUT2D eigenvalue weighted by atomic mass is 32.1. The topological polar surface area (TPSA) is 38.7 Å². The van der Waals surface area contributed by atoms with Crippen molar-refractivity contribution in [2.24, 2.45) is 0 Å². The third-order valence-corrected chi connectivity index (χ3v) is 10.9. The standard InChI is InChI=1S/C47H29N3S/c1-3-20-36-30(12-1)14-9-25-41(36)46-48-45(49-47(50-46)42-26-10-15-31-13-2-4-21-37(31)42)35-19-8-17-33(29-35)32-16-7-18-34(28-32)38-23-11-24-40-39-22-5-6-27-43(39)51-44(38)40/h1-29H. The van der Waals surface area contributed by atoms with Crippen LogP contribution in [0.5, 0.6) is 0 Å². The Morgan fingerprint density at radius 1 is 0.314 bits per heavy atom. The lowest BCUT2D eigenvalue weighted by Gasteiger charge is -2.12. The molecular weight excluding hydrogens is 639 g/mol. The quantitative estimate of drug-likeness (QED) is 0.183. The molecule has 0 amide bonds. The fourth-order valence-corrected chi connectivity index (χ4v) is 8.50. The summed E-state index contributed by atoms with van der Waals surface area (Å²) >= 11 is 1.86. The van der Waals surface area contributed by atoms with E-state index in [9.17, 15) is 0 Å². The van der Waals surface area contributed by atoms with Crippen molar-refractivity contribution in [1.82, 2.24) is 15.0 Å². The third-order valence-electron chi connectivity index (χ3n) is 9.73. The van der Waals surface area contributed by atoms with E-state index in [0.717, 1.165) is 49.4 Å². The van der Waals surface area contributed by atoms with Gasteiger partial charge in [0.05, 0.1) is 0 Å². The molecule has 2 heterocycles. The van der Waals surface area contributed by atoms with Gasteiger partial charge in [0.15, 0.2) is 17.5 Å². The second-order valence-electron chi connectivity index (χ2n) is 12.8. The van der Waals surface area contributed by atoms with Gasteiger partial charge in [-0.15, -0.1) is 11.3 Å². The van der Waals surface area contributed by atoms with Crippen LogP contribution < -0.4 is 0 Å². The van der Waals surface area contributed by atoms with Crippen molar-refractivity contribution < 1.29 is 0 Å². The van der Waals surface area contributed by atoms with Gasteiger partial charge < -0.3 is 0 Å². The molecular formula is C47H29N3S. The molecule has 51 heavy (non-hydrogen) atoms. The van der Waals surface area contributed by atoms with Crippen LogP contribution in [0, 0.1) is 0 Å². The van der Waals surface area contributed by atoms with Gasteiger partial charge in [-0.25, -0.2) is 15.0 Å². The van der Waals surface area contributed by atoms with Crippen LogP contribution in [0.4, 0.5) is 0 Å². The first kappa shape index (κ1) is 29.4. The normalized spacial score (nSPS) is 11.5.